The molecule has 1 aromatic heterocycles. The number of aromatic nitrogens is 1. The second-order valence-corrected chi connectivity index (χ2v) is 11.6. The average molecular weight is 558 g/mol. The molecular weight excluding hydrogens is 530 g/mol. The van der Waals surface area contributed by atoms with E-state index < -0.39 is 0 Å². The number of nitrogens with zero attached hydrogens (tertiary/aromatic N) is 1. The van der Waals surface area contributed by atoms with Gasteiger partial charge in [0.05, 0.1) is 5.52 Å². The summed E-state index contributed by atoms with van der Waals surface area (Å²) in [5.74, 6) is 0. The highest BCUT2D eigenvalue weighted by molar-refractivity contribution is 6.21. The lowest BCUT2D eigenvalue weighted by atomic mass is 9.85. The SMILES string of the molecule is c1ccc2cc(-c3c4ccccc4c(-c4ccc(-c5ccc6ccc7cccnc7c6c5)cc4)c4ccccc34)ccc2c1. The van der Waals surface area contributed by atoms with Gasteiger partial charge in [0.1, 0.15) is 0 Å². The van der Waals surface area contributed by atoms with Crippen molar-refractivity contribution in [2.24, 2.45) is 0 Å². The third-order valence-electron chi connectivity index (χ3n) is 9.07. The lowest BCUT2D eigenvalue weighted by molar-refractivity contribution is 1.43. The van der Waals surface area contributed by atoms with Crippen LogP contribution in [0, 0.1) is 0 Å². The van der Waals surface area contributed by atoms with Crippen molar-refractivity contribution in [1.82, 2.24) is 4.98 Å². The quantitative estimate of drug-likeness (QED) is 0.155. The molecule has 44 heavy (non-hydrogen) atoms. The van der Waals surface area contributed by atoms with Gasteiger partial charge in [-0.3, -0.25) is 4.98 Å². The Kier molecular flexibility index (Phi) is 5.57. The third-order valence-corrected chi connectivity index (χ3v) is 9.07. The summed E-state index contributed by atoms with van der Waals surface area (Å²) in [7, 11) is 0. The Hall–Kier alpha value is -5.79. The van der Waals surface area contributed by atoms with Gasteiger partial charge >= 0.3 is 0 Å². The zero-order valence-corrected chi connectivity index (χ0v) is 24.0. The van der Waals surface area contributed by atoms with E-state index >= 15 is 0 Å². The molecule has 0 unspecified atom stereocenters. The van der Waals surface area contributed by atoms with Gasteiger partial charge in [-0.05, 0) is 89.3 Å². The zero-order chi connectivity index (χ0) is 29.0. The van der Waals surface area contributed by atoms with E-state index in [1.807, 2.05) is 12.3 Å². The molecule has 8 aromatic carbocycles. The Morgan fingerprint density at radius 3 is 1.52 bits per heavy atom. The zero-order valence-electron chi connectivity index (χ0n) is 24.0. The Bertz CT molecular complexity index is 2480. The Morgan fingerprint density at radius 2 is 0.795 bits per heavy atom. The highest BCUT2D eigenvalue weighted by Crippen LogP contribution is 2.44. The number of benzene rings is 8. The molecule has 0 aliphatic carbocycles. The summed E-state index contributed by atoms with van der Waals surface area (Å²) in [5.41, 5.74) is 8.48. The lowest BCUT2D eigenvalue weighted by Crippen LogP contribution is -1.91. The molecule has 0 aliphatic heterocycles. The number of hydrogen-bond donors (Lipinski definition) is 0. The summed E-state index contributed by atoms with van der Waals surface area (Å²) < 4.78 is 0. The monoisotopic (exact) mass is 557 g/mol. The molecule has 0 fully saturated rings. The minimum atomic E-state index is 1.05. The predicted molar refractivity (Wildman–Crippen MR) is 188 cm³/mol. The Morgan fingerprint density at radius 1 is 0.295 bits per heavy atom. The van der Waals surface area contributed by atoms with Gasteiger partial charge in [-0.15, -0.1) is 0 Å². The minimum absolute atomic E-state index is 1.05. The summed E-state index contributed by atoms with van der Waals surface area (Å²) in [5, 5.41) is 11.2. The number of hydrogen-bond acceptors (Lipinski definition) is 1. The molecule has 0 radical (unpaired) electrons. The van der Waals surface area contributed by atoms with Crippen molar-refractivity contribution in [2.45, 2.75) is 0 Å². The molecule has 0 amide bonds. The topological polar surface area (TPSA) is 12.9 Å². The average Bonchev–Trinajstić information content (AvgIpc) is 3.10. The van der Waals surface area contributed by atoms with Gasteiger partial charge in [-0.2, -0.15) is 0 Å². The van der Waals surface area contributed by atoms with E-state index in [9.17, 15) is 0 Å². The molecule has 0 saturated carbocycles. The summed E-state index contributed by atoms with van der Waals surface area (Å²) >= 11 is 0. The Labute approximate surface area is 255 Å². The standard InChI is InChI=1S/C43H27N/c1-2-9-33-26-35(24-17-28(33)8-1)42-38-13-5-3-11-36(38)41(37-12-4-6-14-39(37)42)31-20-15-29(16-21-31)34-23-19-30-18-22-32-10-7-25-44-43(32)40(30)27-34/h1-27H. The van der Waals surface area contributed by atoms with Crippen molar-refractivity contribution < 1.29 is 0 Å². The second-order valence-electron chi connectivity index (χ2n) is 11.6. The van der Waals surface area contributed by atoms with Crippen LogP contribution in [0.4, 0.5) is 0 Å². The van der Waals surface area contributed by atoms with E-state index in [1.54, 1.807) is 0 Å². The molecule has 9 rings (SSSR count). The Balaban J connectivity index is 1.22. The van der Waals surface area contributed by atoms with Gasteiger partial charge < -0.3 is 0 Å². The van der Waals surface area contributed by atoms with E-state index in [0.717, 1.165) is 5.52 Å². The van der Waals surface area contributed by atoms with Crippen molar-refractivity contribution >= 4 is 54.0 Å². The van der Waals surface area contributed by atoms with Gasteiger partial charge in [0, 0.05) is 17.0 Å². The van der Waals surface area contributed by atoms with Crippen LogP contribution in [0.25, 0.3) is 87.4 Å². The van der Waals surface area contributed by atoms with Crippen molar-refractivity contribution in [3.8, 4) is 33.4 Å². The van der Waals surface area contributed by atoms with Crippen LogP contribution >= 0.6 is 0 Å². The highest BCUT2D eigenvalue weighted by atomic mass is 14.6. The first-order valence-electron chi connectivity index (χ1n) is 15.1. The van der Waals surface area contributed by atoms with E-state index in [-0.39, 0.29) is 0 Å². The maximum absolute atomic E-state index is 4.70. The summed E-state index contributed by atoms with van der Waals surface area (Å²) in [6, 6.07) is 57.4. The predicted octanol–water partition coefficient (Wildman–Crippen LogP) is 11.8. The summed E-state index contributed by atoms with van der Waals surface area (Å²) in [4.78, 5) is 4.70. The smallest absolute Gasteiger partial charge is 0.0780 e. The van der Waals surface area contributed by atoms with Crippen molar-refractivity contribution in [1.29, 1.82) is 0 Å². The molecule has 9 aromatic rings. The van der Waals surface area contributed by atoms with Gasteiger partial charge in [-0.1, -0.05) is 140 Å². The van der Waals surface area contributed by atoms with Crippen LogP contribution in [0.15, 0.2) is 164 Å². The maximum Gasteiger partial charge on any atom is 0.0780 e. The fourth-order valence-electron chi connectivity index (χ4n) is 6.97. The number of rotatable bonds is 3. The molecule has 1 heteroatoms. The molecule has 1 heterocycles. The molecule has 0 aliphatic rings. The minimum Gasteiger partial charge on any atom is -0.256 e. The van der Waals surface area contributed by atoms with Crippen LogP contribution in [0.5, 0.6) is 0 Å². The van der Waals surface area contributed by atoms with Crippen molar-refractivity contribution in [2.75, 3.05) is 0 Å². The molecular formula is C43H27N. The van der Waals surface area contributed by atoms with Crippen LogP contribution in [0.3, 0.4) is 0 Å². The molecule has 0 spiro atoms. The van der Waals surface area contributed by atoms with Crippen molar-refractivity contribution in [3.05, 3.63) is 164 Å². The first kappa shape index (κ1) is 24.8. The molecule has 0 saturated heterocycles. The first-order valence-corrected chi connectivity index (χ1v) is 15.1. The molecule has 204 valence electrons. The van der Waals surface area contributed by atoms with E-state index in [2.05, 4.69) is 152 Å². The normalized spacial score (nSPS) is 11.6. The molecule has 0 atom stereocenters. The van der Waals surface area contributed by atoms with Gasteiger partial charge in [0.25, 0.3) is 0 Å². The molecule has 1 nitrogen and oxygen atoms in total. The summed E-state index contributed by atoms with van der Waals surface area (Å²) in [6.07, 6.45) is 1.88. The van der Waals surface area contributed by atoms with E-state index in [4.69, 9.17) is 4.98 Å². The number of pyridine rings is 1. The van der Waals surface area contributed by atoms with Crippen LogP contribution in [-0.4, -0.2) is 4.98 Å². The largest absolute Gasteiger partial charge is 0.256 e. The highest BCUT2D eigenvalue weighted by Gasteiger charge is 2.17. The van der Waals surface area contributed by atoms with Crippen LogP contribution in [0.1, 0.15) is 0 Å². The van der Waals surface area contributed by atoms with Crippen LogP contribution in [0.2, 0.25) is 0 Å². The maximum atomic E-state index is 4.70. The van der Waals surface area contributed by atoms with Gasteiger partial charge in [0.2, 0.25) is 0 Å². The lowest BCUT2D eigenvalue weighted by Gasteiger charge is -2.18. The summed E-state index contributed by atoms with van der Waals surface area (Å²) in [6.45, 7) is 0. The van der Waals surface area contributed by atoms with Gasteiger partial charge in [-0.25, -0.2) is 0 Å². The van der Waals surface area contributed by atoms with E-state index in [0.29, 0.717) is 0 Å². The van der Waals surface area contributed by atoms with Crippen molar-refractivity contribution in [3.63, 3.8) is 0 Å². The second kappa shape index (κ2) is 9.90. The fraction of sp³-hybridized carbons (Fsp3) is 0. The first-order chi connectivity index (χ1) is 21.8. The van der Waals surface area contributed by atoms with E-state index in [1.165, 1.54) is 81.9 Å². The van der Waals surface area contributed by atoms with Crippen LogP contribution < -0.4 is 0 Å². The molecule has 0 N–H and O–H groups in total. The number of fused-ring (bicyclic) bond motifs is 6. The van der Waals surface area contributed by atoms with Gasteiger partial charge in [0.15, 0.2) is 0 Å². The molecule has 0 bridgehead atoms. The third kappa shape index (κ3) is 3.91. The fourth-order valence-corrected chi connectivity index (χ4v) is 6.97. The van der Waals surface area contributed by atoms with Crippen LogP contribution in [-0.2, 0) is 0 Å².